The van der Waals surface area contributed by atoms with E-state index in [0.717, 1.165) is 6.07 Å². The van der Waals surface area contributed by atoms with Crippen molar-refractivity contribution in [2.75, 3.05) is 0 Å². The lowest BCUT2D eigenvalue weighted by Gasteiger charge is -2.01. The summed E-state index contributed by atoms with van der Waals surface area (Å²) in [6.45, 7) is 0. The van der Waals surface area contributed by atoms with E-state index >= 15 is 0 Å². The number of nitrogens with two attached hydrogens (primary N) is 1. The fourth-order valence-corrected chi connectivity index (χ4v) is 1.39. The van der Waals surface area contributed by atoms with Crippen LogP contribution < -0.4 is 5.73 Å². The Kier molecular flexibility index (Phi) is 3.12. The highest BCUT2D eigenvalue weighted by molar-refractivity contribution is 14.1. The molecule has 0 saturated heterocycles. The van der Waals surface area contributed by atoms with Gasteiger partial charge in [-0.25, -0.2) is 13.8 Å². The average molecular weight is 298 g/mol. The Labute approximate surface area is 86.5 Å². The van der Waals surface area contributed by atoms with Crippen LogP contribution in [0.5, 0.6) is 0 Å². The van der Waals surface area contributed by atoms with Crippen LogP contribution in [0.1, 0.15) is 22.5 Å². The van der Waals surface area contributed by atoms with Crippen LogP contribution in [0.15, 0.2) is 12.1 Å². The number of carbonyl (C=O) groups is 1. The van der Waals surface area contributed by atoms with E-state index in [0.29, 0.717) is 3.70 Å². The number of hydrogen-bond acceptors (Lipinski definition) is 2. The lowest BCUT2D eigenvalue weighted by atomic mass is 10.2. The van der Waals surface area contributed by atoms with Crippen molar-refractivity contribution < 1.29 is 13.6 Å². The zero-order valence-corrected chi connectivity index (χ0v) is 8.46. The molecule has 0 aliphatic rings. The number of rotatable bonds is 2. The van der Waals surface area contributed by atoms with Crippen LogP contribution >= 0.6 is 22.6 Å². The Hall–Kier alpha value is -0.790. The first kappa shape index (κ1) is 10.3. The van der Waals surface area contributed by atoms with Crippen LogP contribution in [-0.2, 0) is 0 Å². The molecule has 0 fully saturated rings. The molecule has 1 amide bonds. The van der Waals surface area contributed by atoms with Gasteiger partial charge in [0.25, 0.3) is 6.43 Å². The van der Waals surface area contributed by atoms with E-state index < -0.39 is 18.0 Å². The van der Waals surface area contributed by atoms with Crippen molar-refractivity contribution in [2.45, 2.75) is 6.43 Å². The second-order valence-electron chi connectivity index (χ2n) is 2.27. The fraction of sp³-hybridized carbons (Fsp3) is 0.143. The largest absolute Gasteiger partial charge is 0.366 e. The number of aromatic nitrogens is 1. The summed E-state index contributed by atoms with van der Waals surface area (Å²) in [6.07, 6.45) is -2.69. The smallest absolute Gasteiger partial charge is 0.280 e. The van der Waals surface area contributed by atoms with Gasteiger partial charge in [0.1, 0.15) is 9.39 Å². The monoisotopic (exact) mass is 298 g/mol. The molecule has 3 nitrogen and oxygen atoms in total. The molecular formula is C7H5F2IN2O. The molecule has 6 heteroatoms. The van der Waals surface area contributed by atoms with E-state index in [1.807, 2.05) is 0 Å². The predicted octanol–water partition coefficient (Wildman–Crippen LogP) is 1.72. The van der Waals surface area contributed by atoms with Crippen LogP contribution in [0.3, 0.4) is 0 Å². The van der Waals surface area contributed by atoms with Gasteiger partial charge in [-0.15, -0.1) is 0 Å². The van der Waals surface area contributed by atoms with Crippen molar-refractivity contribution in [1.82, 2.24) is 4.98 Å². The van der Waals surface area contributed by atoms with E-state index in [9.17, 15) is 13.6 Å². The first-order valence-electron chi connectivity index (χ1n) is 3.26. The van der Waals surface area contributed by atoms with Gasteiger partial charge in [-0.2, -0.15) is 0 Å². The highest BCUT2D eigenvalue weighted by atomic mass is 127. The minimum absolute atomic E-state index is 0.0506. The fourth-order valence-electron chi connectivity index (χ4n) is 0.771. The Balaban J connectivity index is 3.19. The van der Waals surface area contributed by atoms with Crippen molar-refractivity contribution >= 4 is 28.5 Å². The van der Waals surface area contributed by atoms with Crippen molar-refractivity contribution in [3.05, 3.63) is 27.1 Å². The van der Waals surface area contributed by atoms with Gasteiger partial charge in [0.15, 0.2) is 0 Å². The number of carbonyl (C=O) groups excluding carboxylic acids is 1. The minimum atomic E-state index is -2.69. The first-order valence-corrected chi connectivity index (χ1v) is 4.34. The Morgan fingerprint density at radius 1 is 1.54 bits per heavy atom. The van der Waals surface area contributed by atoms with Gasteiger partial charge in [-0.1, -0.05) is 0 Å². The molecule has 1 rings (SSSR count). The van der Waals surface area contributed by atoms with Gasteiger partial charge in [-0.05, 0) is 34.7 Å². The lowest BCUT2D eigenvalue weighted by molar-refractivity contribution is 0.0999. The van der Waals surface area contributed by atoms with E-state index in [2.05, 4.69) is 4.98 Å². The zero-order chi connectivity index (χ0) is 10.0. The molecule has 1 aromatic rings. The molecule has 0 radical (unpaired) electrons. The van der Waals surface area contributed by atoms with E-state index in [1.54, 1.807) is 22.6 Å². The molecule has 1 aromatic heterocycles. The maximum absolute atomic E-state index is 12.2. The van der Waals surface area contributed by atoms with Crippen molar-refractivity contribution in [3.63, 3.8) is 0 Å². The third kappa shape index (κ3) is 2.58. The van der Waals surface area contributed by atoms with E-state index in [4.69, 9.17) is 5.73 Å². The van der Waals surface area contributed by atoms with E-state index in [-0.39, 0.29) is 5.56 Å². The molecule has 1 heterocycles. The lowest BCUT2D eigenvalue weighted by Crippen LogP contribution is -2.12. The molecule has 0 aliphatic carbocycles. The number of alkyl halides is 2. The van der Waals surface area contributed by atoms with Crippen LogP contribution in [0, 0.1) is 3.70 Å². The molecule has 0 spiro atoms. The van der Waals surface area contributed by atoms with Gasteiger partial charge >= 0.3 is 0 Å². The topological polar surface area (TPSA) is 56.0 Å². The maximum Gasteiger partial charge on any atom is 0.280 e. The number of amides is 1. The molecule has 0 unspecified atom stereocenters. The summed E-state index contributed by atoms with van der Waals surface area (Å²) < 4.78 is 24.7. The minimum Gasteiger partial charge on any atom is -0.366 e. The molecule has 0 saturated carbocycles. The Bertz CT molecular complexity index is 343. The van der Waals surface area contributed by atoms with Gasteiger partial charge in [-0.3, -0.25) is 4.79 Å². The molecule has 0 atom stereocenters. The predicted molar refractivity (Wildman–Crippen MR) is 50.4 cm³/mol. The highest BCUT2D eigenvalue weighted by Gasteiger charge is 2.12. The normalized spacial score (nSPS) is 10.5. The summed E-state index contributed by atoms with van der Waals surface area (Å²) in [5.74, 6) is -0.734. The van der Waals surface area contributed by atoms with Crippen LogP contribution in [0.4, 0.5) is 8.78 Å². The Morgan fingerprint density at radius 3 is 2.62 bits per heavy atom. The Morgan fingerprint density at radius 2 is 2.15 bits per heavy atom. The summed E-state index contributed by atoms with van der Waals surface area (Å²) >= 11 is 1.75. The summed E-state index contributed by atoms with van der Waals surface area (Å²) in [4.78, 5) is 14.2. The SMILES string of the molecule is NC(=O)c1cc(I)nc(C(F)F)c1. The van der Waals surface area contributed by atoms with Gasteiger partial charge < -0.3 is 5.73 Å². The van der Waals surface area contributed by atoms with Crippen molar-refractivity contribution in [1.29, 1.82) is 0 Å². The quantitative estimate of drug-likeness (QED) is 0.667. The molecule has 0 aromatic carbocycles. The average Bonchev–Trinajstić information content (AvgIpc) is 2.03. The molecule has 0 bridgehead atoms. The molecule has 70 valence electrons. The van der Waals surface area contributed by atoms with Crippen LogP contribution in [0.25, 0.3) is 0 Å². The first-order chi connectivity index (χ1) is 6.00. The van der Waals surface area contributed by atoms with Crippen LogP contribution in [-0.4, -0.2) is 10.9 Å². The highest BCUT2D eigenvalue weighted by Crippen LogP contribution is 2.18. The molecular weight excluding hydrogens is 293 g/mol. The van der Waals surface area contributed by atoms with Crippen molar-refractivity contribution in [2.24, 2.45) is 5.73 Å². The number of primary amides is 1. The van der Waals surface area contributed by atoms with Crippen molar-refractivity contribution in [3.8, 4) is 0 Å². The van der Waals surface area contributed by atoms with Gasteiger partial charge in [0.05, 0.1) is 0 Å². The second-order valence-corrected chi connectivity index (χ2v) is 3.37. The standard InChI is InChI=1S/C7H5F2IN2O/c8-6(9)4-1-3(7(11)13)2-5(10)12-4/h1-2,6H,(H2,11,13). The maximum atomic E-state index is 12.2. The van der Waals surface area contributed by atoms with E-state index in [1.165, 1.54) is 6.07 Å². The summed E-state index contributed by atoms with van der Waals surface area (Å²) in [7, 11) is 0. The zero-order valence-electron chi connectivity index (χ0n) is 6.30. The molecule has 2 N–H and O–H groups in total. The molecule has 0 aliphatic heterocycles. The summed E-state index contributed by atoms with van der Waals surface area (Å²) in [6, 6.07) is 2.35. The number of nitrogens with zero attached hydrogens (tertiary/aromatic N) is 1. The third-order valence-corrected chi connectivity index (χ3v) is 1.87. The number of pyridine rings is 1. The number of halogens is 3. The number of hydrogen-bond donors (Lipinski definition) is 1. The second kappa shape index (κ2) is 3.95. The summed E-state index contributed by atoms with van der Waals surface area (Å²) in [5.41, 5.74) is 4.56. The third-order valence-electron chi connectivity index (χ3n) is 1.32. The van der Waals surface area contributed by atoms with Crippen LogP contribution in [0.2, 0.25) is 0 Å². The summed E-state index contributed by atoms with van der Waals surface area (Å²) in [5, 5.41) is 0. The van der Waals surface area contributed by atoms with Gasteiger partial charge in [0, 0.05) is 5.56 Å². The molecule has 13 heavy (non-hydrogen) atoms. The van der Waals surface area contributed by atoms with Gasteiger partial charge in [0.2, 0.25) is 5.91 Å².